The van der Waals surface area contributed by atoms with Gasteiger partial charge in [-0.1, -0.05) is 12.1 Å². The third-order valence-electron chi connectivity index (χ3n) is 9.44. The molecule has 0 radical (unpaired) electrons. The van der Waals surface area contributed by atoms with Crippen molar-refractivity contribution in [1.82, 2.24) is 35.1 Å². The molecule has 0 saturated carbocycles. The monoisotopic (exact) mass is 952 g/mol. The number of carbonyl (C=O) groups excluding carboxylic acids is 5. The number of hydrogen-bond donors (Lipinski definition) is 3. The van der Waals surface area contributed by atoms with Gasteiger partial charge in [0.2, 0.25) is 17.5 Å². The van der Waals surface area contributed by atoms with E-state index in [1.807, 2.05) is 4.72 Å². The summed E-state index contributed by atoms with van der Waals surface area (Å²) in [5.74, 6) is -4.33. The first kappa shape index (κ1) is 48.8. The predicted molar refractivity (Wildman–Crippen MR) is 217 cm³/mol. The first-order chi connectivity index (χ1) is 31.6. The van der Waals surface area contributed by atoms with Gasteiger partial charge in [0.05, 0.1) is 90.0 Å². The van der Waals surface area contributed by atoms with Crippen molar-refractivity contribution < 1.29 is 83.5 Å². The lowest BCUT2D eigenvalue weighted by Gasteiger charge is -2.27. The molecule has 4 heterocycles. The van der Waals surface area contributed by atoms with E-state index in [1.165, 1.54) is 38.6 Å². The van der Waals surface area contributed by atoms with Gasteiger partial charge >= 0.3 is 12.2 Å². The fourth-order valence-corrected chi connectivity index (χ4v) is 7.79. The molecule has 5 amide bonds. The van der Waals surface area contributed by atoms with Crippen molar-refractivity contribution in [3.63, 3.8) is 0 Å². The van der Waals surface area contributed by atoms with Gasteiger partial charge in [0.15, 0.2) is 12.4 Å². The van der Waals surface area contributed by atoms with Crippen LogP contribution in [0.2, 0.25) is 0 Å². The second kappa shape index (κ2) is 22.0. The minimum atomic E-state index is -5.08. The van der Waals surface area contributed by atoms with Crippen molar-refractivity contribution in [2.45, 2.75) is 30.0 Å². The van der Waals surface area contributed by atoms with Gasteiger partial charge in [-0.05, 0) is 30.7 Å². The Labute approximate surface area is 373 Å². The first-order valence-corrected chi connectivity index (χ1v) is 21.4. The number of nitrogens with one attached hydrogen (secondary N) is 3. The summed E-state index contributed by atoms with van der Waals surface area (Å²) in [5, 5.41) is 8.68. The Morgan fingerprint density at radius 3 is 2.14 bits per heavy atom. The molecular formula is C39H43F3N8O15S. The van der Waals surface area contributed by atoms with Crippen molar-refractivity contribution >= 4 is 51.2 Å². The van der Waals surface area contributed by atoms with Crippen LogP contribution in [0.5, 0.6) is 23.3 Å². The molecule has 1 unspecified atom stereocenters. The number of benzene rings is 2. The number of piperidine rings is 1. The third kappa shape index (κ3) is 11.8. The second-order valence-corrected chi connectivity index (χ2v) is 15.4. The Balaban J connectivity index is 0.822. The Bertz CT molecular complexity index is 2500. The molecule has 1 atom stereocenters. The summed E-state index contributed by atoms with van der Waals surface area (Å²) in [4.78, 5) is 69.9. The van der Waals surface area contributed by atoms with Crippen molar-refractivity contribution in [2.24, 2.45) is 0 Å². The summed E-state index contributed by atoms with van der Waals surface area (Å²) in [7, 11) is -2.43. The van der Waals surface area contributed by atoms with E-state index in [9.17, 15) is 45.6 Å². The first-order valence-electron chi connectivity index (χ1n) is 19.9. The maximum Gasteiger partial charge on any atom is 0.417 e. The number of aromatic nitrogens is 4. The van der Waals surface area contributed by atoms with Crippen LogP contribution in [0, 0.1) is 0 Å². The van der Waals surface area contributed by atoms with Crippen LogP contribution in [0.4, 0.5) is 19.1 Å². The third-order valence-corrected chi connectivity index (χ3v) is 10.9. The summed E-state index contributed by atoms with van der Waals surface area (Å²) < 4.78 is 115. The molecule has 23 nitrogen and oxygen atoms in total. The van der Waals surface area contributed by atoms with E-state index in [0.29, 0.717) is 6.07 Å². The molecule has 66 heavy (non-hydrogen) atoms. The summed E-state index contributed by atoms with van der Waals surface area (Å²) in [6, 6.07) is 5.74. The molecule has 3 N–H and O–H groups in total. The van der Waals surface area contributed by atoms with E-state index in [0.717, 1.165) is 21.5 Å². The van der Waals surface area contributed by atoms with E-state index in [1.54, 1.807) is 0 Å². The molecule has 1 saturated heterocycles. The highest BCUT2D eigenvalue weighted by Gasteiger charge is 2.46. The van der Waals surface area contributed by atoms with E-state index < -0.39 is 80.5 Å². The Morgan fingerprint density at radius 1 is 0.833 bits per heavy atom. The maximum atomic E-state index is 14.0. The molecular weight excluding hydrogens is 910 g/mol. The van der Waals surface area contributed by atoms with Crippen molar-refractivity contribution in [3.8, 4) is 23.3 Å². The molecule has 2 aliphatic rings. The molecule has 2 aromatic heterocycles. The van der Waals surface area contributed by atoms with E-state index in [4.69, 9.17) is 37.9 Å². The van der Waals surface area contributed by atoms with Crippen molar-refractivity contribution in [1.29, 1.82) is 0 Å². The van der Waals surface area contributed by atoms with E-state index in [2.05, 4.69) is 25.7 Å². The normalized spacial score (nSPS) is 15.2. The lowest BCUT2D eigenvalue weighted by molar-refractivity contribution is -0.140. The average molecular weight is 953 g/mol. The molecule has 2 aromatic carbocycles. The van der Waals surface area contributed by atoms with Crippen LogP contribution in [0.3, 0.4) is 0 Å². The SMILES string of the molecule is COc1cnc(OC)n2nc(NS(=O)(=O)c3c(OCCOCCOCCOCCOCCNC(=O)COc4cccc5c4C(=O)N(C4CCC(=O)NC4=O)C5=O)cccc3C(F)(F)F)nc12. The molecule has 356 valence electrons. The molecule has 0 bridgehead atoms. The van der Waals surface area contributed by atoms with Gasteiger partial charge in [-0.25, -0.2) is 13.1 Å². The number of imide groups is 2. The Morgan fingerprint density at radius 2 is 1.48 bits per heavy atom. The summed E-state index contributed by atoms with van der Waals surface area (Å²) >= 11 is 0. The molecule has 0 aliphatic carbocycles. The molecule has 4 aromatic rings. The van der Waals surface area contributed by atoms with Gasteiger partial charge in [0.1, 0.15) is 29.0 Å². The fourth-order valence-electron chi connectivity index (χ4n) is 6.49. The molecule has 2 aliphatic heterocycles. The molecule has 6 rings (SSSR count). The zero-order valence-electron chi connectivity index (χ0n) is 35.2. The van der Waals surface area contributed by atoms with Crippen LogP contribution in [-0.2, 0) is 49.5 Å². The second-order valence-electron chi connectivity index (χ2n) is 13.8. The number of halogens is 3. The number of nitrogens with zero attached hydrogens (tertiary/aromatic N) is 5. The highest BCUT2D eigenvalue weighted by atomic mass is 32.2. The van der Waals surface area contributed by atoms with Gasteiger partial charge < -0.3 is 43.2 Å². The van der Waals surface area contributed by atoms with Crippen LogP contribution < -0.4 is 34.3 Å². The largest absolute Gasteiger partial charge is 0.491 e. The number of sulfonamides is 1. The van der Waals surface area contributed by atoms with Crippen LogP contribution in [0.15, 0.2) is 47.5 Å². The van der Waals surface area contributed by atoms with E-state index in [-0.39, 0.29) is 113 Å². The number of hydrogen-bond acceptors (Lipinski definition) is 18. The standard InChI is InChI=1S/C39H43F3N8O15S/c1-58-28-21-44-38(59-2)50-33(28)46-37(47-50)48-66(56,57)32-24(39(40,41)42)6-4-8-27(32)64-20-19-63-18-17-62-16-15-61-14-13-60-12-11-43-30(52)22-65-26-7-3-5-23-31(26)36(55)49(35(23)54)25-9-10-29(51)45-34(25)53/h3-8,21,25H,9-20,22H2,1-2H3,(H,43,52)(H,47,48)(H,45,51,53). The Kier molecular flexibility index (Phi) is 16.3. The zero-order valence-corrected chi connectivity index (χ0v) is 36.0. The fraction of sp³-hybridized carbons (Fsp3) is 0.436. The summed E-state index contributed by atoms with van der Waals surface area (Å²) in [6.07, 6.45) is -3.86. The van der Waals surface area contributed by atoms with E-state index >= 15 is 0 Å². The molecule has 1 fully saturated rings. The number of carbonyl (C=O) groups is 5. The average Bonchev–Trinajstić information content (AvgIpc) is 3.81. The lowest BCUT2D eigenvalue weighted by atomic mass is 10.0. The van der Waals surface area contributed by atoms with Crippen LogP contribution in [0.25, 0.3) is 5.65 Å². The minimum absolute atomic E-state index is 0.00218. The van der Waals surface area contributed by atoms with Crippen LogP contribution in [-0.4, -0.2) is 155 Å². The smallest absolute Gasteiger partial charge is 0.417 e. The summed E-state index contributed by atoms with van der Waals surface area (Å²) in [5.41, 5.74) is -1.56. The number of rotatable bonds is 25. The number of fused-ring (bicyclic) bond motifs is 2. The number of amides is 5. The Hall–Kier alpha value is -6.68. The maximum absolute atomic E-state index is 14.0. The highest BCUT2D eigenvalue weighted by molar-refractivity contribution is 7.92. The van der Waals surface area contributed by atoms with Gasteiger partial charge in [0.25, 0.3) is 33.7 Å². The van der Waals surface area contributed by atoms with Crippen molar-refractivity contribution in [3.05, 3.63) is 59.3 Å². The molecule has 0 spiro atoms. The van der Waals surface area contributed by atoms with Gasteiger partial charge in [-0.3, -0.25) is 34.2 Å². The van der Waals surface area contributed by atoms with Gasteiger partial charge in [0, 0.05) is 13.0 Å². The number of alkyl halides is 3. The van der Waals surface area contributed by atoms with Gasteiger partial charge in [-0.2, -0.15) is 27.7 Å². The zero-order chi connectivity index (χ0) is 47.4. The van der Waals surface area contributed by atoms with Crippen LogP contribution in [0.1, 0.15) is 39.1 Å². The predicted octanol–water partition coefficient (Wildman–Crippen LogP) is 1.00. The number of ether oxygens (including phenoxy) is 8. The topological polar surface area (TPSA) is 276 Å². The lowest BCUT2D eigenvalue weighted by Crippen LogP contribution is -2.54. The quantitative estimate of drug-likeness (QED) is 0.0617. The van der Waals surface area contributed by atoms with Crippen molar-refractivity contribution in [2.75, 3.05) is 91.6 Å². The summed E-state index contributed by atoms with van der Waals surface area (Å²) in [6.45, 7) is 0.417. The minimum Gasteiger partial charge on any atom is -0.491 e. The number of anilines is 1. The van der Waals surface area contributed by atoms with Crippen LogP contribution >= 0.6 is 0 Å². The van der Waals surface area contributed by atoms with Gasteiger partial charge in [-0.15, -0.1) is 5.10 Å². The molecule has 27 heteroatoms. The highest BCUT2D eigenvalue weighted by Crippen LogP contribution is 2.40. The number of methoxy groups -OCH3 is 2.